The van der Waals surface area contributed by atoms with Crippen molar-refractivity contribution in [1.29, 1.82) is 0 Å². The summed E-state index contributed by atoms with van der Waals surface area (Å²) in [5.74, 6) is -1.27. The molecular weight excluding hydrogens is 264 g/mol. The van der Waals surface area contributed by atoms with Crippen LogP contribution in [0.4, 0.5) is 10.5 Å². The molecule has 0 aliphatic rings. The summed E-state index contributed by atoms with van der Waals surface area (Å²) < 4.78 is 0. The van der Waals surface area contributed by atoms with Gasteiger partial charge in [-0.2, -0.15) is 0 Å². The van der Waals surface area contributed by atoms with Crippen LogP contribution in [0.15, 0.2) is 24.3 Å². The minimum Gasteiger partial charge on any atom is -0.508 e. The Hall–Kier alpha value is -2.28. The average molecular weight is 282 g/mol. The maximum atomic E-state index is 11.9. The highest BCUT2D eigenvalue weighted by molar-refractivity contribution is 5.92. The summed E-state index contributed by atoms with van der Waals surface area (Å²) in [5, 5.41) is 29.5. The van der Waals surface area contributed by atoms with E-state index in [4.69, 9.17) is 10.2 Å². The molecule has 2 amide bonds. The topological polar surface area (TPSA) is 110 Å². The zero-order chi connectivity index (χ0) is 15.1. The van der Waals surface area contributed by atoms with Gasteiger partial charge in [0, 0.05) is 31.3 Å². The third-order valence-electron chi connectivity index (χ3n) is 2.68. The molecule has 20 heavy (non-hydrogen) atoms. The summed E-state index contributed by atoms with van der Waals surface area (Å²) in [5.41, 5.74) is 0.531. The van der Waals surface area contributed by atoms with E-state index in [2.05, 4.69) is 5.32 Å². The van der Waals surface area contributed by atoms with E-state index in [0.29, 0.717) is 12.2 Å². The molecule has 0 bridgehead atoms. The lowest BCUT2D eigenvalue weighted by Crippen LogP contribution is -2.41. The lowest BCUT2D eigenvalue weighted by molar-refractivity contribution is -0.146. The van der Waals surface area contributed by atoms with Crippen molar-refractivity contribution in [3.63, 3.8) is 0 Å². The lowest BCUT2D eigenvalue weighted by Gasteiger charge is -2.21. The van der Waals surface area contributed by atoms with Crippen molar-refractivity contribution in [1.82, 2.24) is 5.32 Å². The Morgan fingerprint density at radius 2 is 2.10 bits per heavy atom. The number of phenols is 1. The van der Waals surface area contributed by atoms with Crippen LogP contribution in [0.5, 0.6) is 5.75 Å². The molecular formula is C13H18N2O5. The van der Waals surface area contributed by atoms with Gasteiger partial charge in [0.05, 0.1) is 0 Å². The predicted octanol–water partition coefficient (Wildman–Crippen LogP) is 0.764. The first-order chi connectivity index (χ1) is 9.45. The zero-order valence-corrected chi connectivity index (χ0v) is 11.1. The van der Waals surface area contributed by atoms with E-state index in [1.807, 2.05) is 0 Å². The number of hydrogen-bond donors (Lipinski definition) is 4. The summed E-state index contributed by atoms with van der Waals surface area (Å²) >= 11 is 0. The third kappa shape index (κ3) is 4.43. The maximum Gasteiger partial charge on any atom is 0.332 e. The molecule has 1 rings (SSSR count). The van der Waals surface area contributed by atoms with Gasteiger partial charge in [0.25, 0.3) is 0 Å². The van der Waals surface area contributed by atoms with Crippen molar-refractivity contribution in [3.8, 4) is 5.75 Å². The van der Waals surface area contributed by atoms with Crippen LogP contribution in [0, 0.1) is 0 Å². The monoisotopic (exact) mass is 282 g/mol. The number of carboxylic acids is 1. The van der Waals surface area contributed by atoms with E-state index in [-0.39, 0.29) is 18.7 Å². The van der Waals surface area contributed by atoms with Gasteiger partial charge < -0.3 is 20.6 Å². The number of aliphatic carboxylic acids is 1. The largest absolute Gasteiger partial charge is 0.508 e. The molecule has 0 aliphatic heterocycles. The smallest absolute Gasteiger partial charge is 0.332 e. The van der Waals surface area contributed by atoms with Crippen LogP contribution < -0.4 is 10.2 Å². The normalized spacial score (nSPS) is 11.7. The van der Waals surface area contributed by atoms with Crippen LogP contribution in [-0.2, 0) is 4.79 Å². The number of aliphatic hydroxyl groups is 1. The molecule has 0 heterocycles. The number of aromatic hydroxyl groups is 1. The molecule has 0 saturated carbocycles. The number of carboxylic acid groups (broad SMARTS) is 1. The van der Waals surface area contributed by atoms with Gasteiger partial charge >= 0.3 is 12.0 Å². The van der Waals surface area contributed by atoms with Gasteiger partial charge in [-0.05, 0) is 19.1 Å². The first-order valence-corrected chi connectivity index (χ1v) is 6.21. The third-order valence-corrected chi connectivity index (χ3v) is 2.68. The van der Waals surface area contributed by atoms with Gasteiger partial charge in [-0.25, -0.2) is 9.59 Å². The SMILES string of the molecule is CCN(C(=O)NCCC(O)C(=O)O)c1cccc(O)c1. The molecule has 0 saturated heterocycles. The van der Waals surface area contributed by atoms with Crippen molar-refractivity contribution in [2.24, 2.45) is 0 Å². The molecule has 0 spiro atoms. The number of nitrogens with zero attached hydrogens (tertiary/aromatic N) is 1. The first-order valence-electron chi connectivity index (χ1n) is 6.21. The van der Waals surface area contributed by atoms with E-state index >= 15 is 0 Å². The molecule has 7 heteroatoms. The fourth-order valence-electron chi connectivity index (χ4n) is 1.64. The molecule has 4 N–H and O–H groups in total. The van der Waals surface area contributed by atoms with Crippen LogP contribution in [0.3, 0.4) is 0 Å². The summed E-state index contributed by atoms with van der Waals surface area (Å²) in [4.78, 5) is 23.8. The molecule has 7 nitrogen and oxygen atoms in total. The highest BCUT2D eigenvalue weighted by Gasteiger charge is 2.16. The second kappa shape index (κ2) is 7.34. The van der Waals surface area contributed by atoms with E-state index < -0.39 is 18.1 Å². The number of rotatable bonds is 6. The Labute approximate surface area is 116 Å². The lowest BCUT2D eigenvalue weighted by atomic mass is 10.2. The van der Waals surface area contributed by atoms with Gasteiger partial charge in [0.1, 0.15) is 5.75 Å². The molecule has 1 aromatic carbocycles. The number of benzene rings is 1. The fraction of sp³-hybridized carbons (Fsp3) is 0.385. The molecule has 0 aliphatic carbocycles. The van der Waals surface area contributed by atoms with Gasteiger partial charge in [0.2, 0.25) is 0 Å². The summed E-state index contributed by atoms with van der Waals surface area (Å²) in [6.45, 7) is 2.20. The highest BCUT2D eigenvalue weighted by atomic mass is 16.4. The Morgan fingerprint density at radius 1 is 1.40 bits per heavy atom. The zero-order valence-electron chi connectivity index (χ0n) is 11.1. The number of nitrogens with one attached hydrogen (secondary N) is 1. The van der Waals surface area contributed by atoms with Crippen LogP contribution in [-0.4, -0.2) is 46.5 Å². The summed E-state index contributed by atoms with van der Waals surface area (Å²) in [6.07, 6.45) is -1.57. The van der Waals surface area contributed by atoms with E-state index in [1.54, 1.807) is 19.1 Å². The van der Waals surface area contributed by atoms with Crippen molar-refractivity contribution in [2.45, 2.75) is 19.4 Å². The molecule has 1 aromatic rings. The van der Waals surface area contributed by atoms with Crippen molar-refractivity contribution in [2.75, 3.05) is 18.0 Å². The van der Waals surface area contributed by atoms with Crippen LogP contribution >= 0.6 is 0 Å². The van der Waals surface area contributed by atoms with Crippen molar-refractivity contribution >= 4 is 17.7 Å². The quantitative estimate of drug-likeness (QED) is 0.616. The molecule has 110 valence electrons. The minimum absolute atomic E-state index is 0.0433. The van der Waals surface area contributed by atoms with Crippen molar-refractivity contribution in [3.05, 3.63) is 24.3 Å². The Morgan fingerprint density at radius 3 is 2.65 bits per heavy atom. The highest BCUT2D eigenvalue weighted by Crippen LogP contribution is 2.19. The molecule has 0 aromatic heterocycles. The number of carbonyl (C=O) groups is 2. The van der Waals surface area contributed by atoms with E-state index in [0.717, 1.165) is 0 Å². The van der Waals surface area contributed by atoms with Gasteiger partial charge in [0.15, 0.2) is 6.10 Å². The predicted molar refractivity (Wildman–Crippen MR) is 72.8 cm³/mol. The molecule has 1 unspecified atom stereocenters. The minimum atomic E-state index is -1.49. The second-order valence-electron chi connectivity index (χ2n) is 4.14. The average Bonchev–Trinajstić information content (AvgIpc) is 2.39. The molecule has 1 atom stereocenters. The first kappa shape index (κ1) is 15.8. The van der Waals surface area contributed by atoms with Crippen LogP contribution in [0.25, 0.3) is 0 Å². The van der Waals surface area contributed by atoms with Gasteiger partial charge in [-0.15, -0.1) is 0 Å². The molecule has 0 radical (unpaired) electrons. The number of phenolic OH excluding ortho intramolecular Hbond substituents is 1. The standard InChI is InChI=1S/C13H18N2O5/c1-2-15(9-4-3-5-10(16)8-9)13(20)14-7-6-11(17)12(18)19/h3-5,8,11,16-17H,2,6-7H2,1H3,(H,14,20)(H,18,19). The Kier molecular flexibility index (Phi) is 5.79. The maximum absolute atomic E-state index is 11.9. The number of anilines is 1. The van der Waals surface area contributed by atoms with Crippen LogP contribution in [0.1, 0.15) is 13.3 Å². The van der Waals surface area contributed by atoms with Gasteiger partial charge in [-0.1, -0.05) is 6.07 Å². The summed E-state index contributed by atoms with van der Waals surface area (Å²) in [7, 11) is 0. The van der Waals surface area contributed by atoms with Gasteiger partial charge in [-0.3, -0.25) is 4.90 Å². The van der Waals surface area contributed by atoms with Crippen molar-refractivity contribution < 1.29 is 24.9 Å². The van der Waals surface area contributed by atoms with Crippen LogP contribution in [0.2, 0.25) is 0 Å². The second-order valence-corrected chi connectivity index (χ2v) is 4.14. The Balaban J connectivity index is 2.58. The number of hydrogen-bond acceptors (Lipinski definition) is 4. The van der Waals surface area contributed by atoms with E-state index in [1.165, 1.54) is 17.0 Å². The Bertz CT molecular complexity index is 478. The number of amides is 2. The fourth-order valence-corrected chi connectivity index (χ4v) is 1.64. The van der Waals surface area contributed by atoms with E-state index in [9.17, 15) is 14.7 Å². The number of aliphatic hydroxyl groups excluding tert-OH is 1. The summed E-state index contributed by atoms with van der Waals surface area (Å²) in [6, 6.07) is 5.83. The number of urea groups is 1. The number of carbonyl (C=O) groups excluding carboxylic acids is 1. The molecule has 0 fully saturated rings.